The van der Waals surface area contributed by atoms with E-state index in [9.17, 15) is 8.78 Å². The van der Waals surface area contributed by atoms with E-state index in [4.69, 9.17) is 0 Å². The van der Waals surface area contributed by atoms with E-state index in [1.807, 2.05) is 6.20 Å². The molecule has 1 fully saturated rings. The summed E-state index contributed by atoms with van der Waals surface area (Å²) in [4.78, 5) is 4.51. The molecular formula is C17H26F2N2. The van der Waals surface area contributed by atoms with Gasteiger partial charge in [-0.2, -0.15) is 0 Å². The molecule has 4 heteroatoms. The summed E-state index contributed by atoms with van der Waals surface area (Å²) in [5.41, 5.74) is 2.28. The van der Waals surface area contributed by atoms with Crippen LogP contribution in [0, 0.1) is 5.92 Å². The lowest BCUT2D eigenvalue weighted by Crippen LogP contribution is -2.41. The molecule has 1 aliphatic rings. The molecular weight excluding hydrogens is 270 g/mol. The first-order chi connectivity index (χ1) is 10.0. The van der Waals surface area contributed by atoms with Gasteiger partial charge in [0.2, 0.25) is 5.92 Å². The molecule has 1 heterocycles. The molecule has 21 heavy (non-hydrogen) atoms. The Labute approximate surface area is 126 Å². The maximum Gasteiger partial charge on any atom is 0.248 e. The van der Waals surface area contributed by atoms with Gasteiger partial charge < -0.3 is 5.32 Å². The van der Waals surface area contributed by atoms with Crippen LogP contribution in [0.5, 0.6) is 0 Å². The van der Waals surface area contributed by atoms with Gasteiger partial charge in [0.15, 0.2) is 0 Å². The second kappa shape index (κ2) is 7.30. The van der Waals surface area contributed by atoms with Gasteiger partial charge >= 0.3 is 0 Å². The van der Waals surface area contributed by atoms with Crippen molar-refractivity contribution in [3.05, 3.63) is 29.6 Å². The number of hydrogen-bond acceptors (Lipinski definition) is 2. The average molecular weight is 296 g/mol. The largest absolute Gasteiger partial charge is 0.314 e. The van der Waals surface area contributed by atoms with Gasteiger partial charge in [0.25, 0.3) is 0 Å². The minimum Gasteiger partial charge on any atom is -0.314 e. The Balaban J connectivity index is 1.98. The highest BCUT2D eigenvalue weighted by Gasteiger charge is 2.37. The molecule has 1 unspecified atom stereocenters. The molecule has 0 amide bonds. The summed E-state index contributed by atoms with van der Waals surface area (Å²) in [6, 6.07) is 4.44. The van der Waals surface area contributed by atoms with Crippen molar-refractivity contribution in [2.75, 3.05) is 6.54 Å². The minimum atomic E-state index is -2.45. The average Bonchev–Trinajstić information content (AvgIpc) is 2.48. The van der Waals surface area contributed by atoms with Crippen LogP contribution in [-0.4, -0.2) is 23.5 Å². The van der Waals surface area contributed by atoms with E-state index in [1.165, 1.54) is 5.56 Å². The van der Waals surface area contributed by atoms with Crippen LogP contribution in [0.3, 0.4) is 0 Å². The zero-order chi connectivity index (χ0) is 15.3. The number of pyridine rings is 1. The second-order valence-electron chi connectivity index (χ2n) is 6.07. The van der Waals surface area contributed by atoms with E-state index < -0.39 is 5.92 Å². The topological polar surface area (TPSA) is 24.9 Å². The molecule has 2 rings (SSSR count). The van der Waals surface area contributed by atoms with Gasteiger partial charge in [0.05, 0.1) is 0 Å². The zero-order valence-electron chi connectivity index (χ0n) is 13.0. The van der Waals surface area contributed by atoms with Crippen LogP contribution in [0.2, 0.25) is 0 Å². The van der Waals surface area contributed by atoms with E-state index in [0.717, 1.165) is 25.1 Å². The normalized spacial score (nSPS) is 20.4. The third-order valence-corrected chi connectivity index (χ3v) is 4.52. The molecule has 118 valence electrons. The number of rotatable bonds is 6. The first-order valence-corrected chi connectivity index (χ1v) is 8.09. The van der Waals surface area contributed by atoms with Crippen LogP contribution >= 0.6 is 0 Å². The summed E-state index contributed by atoms with van der Waals surface area (Å²) in [6.45, 7) is 5.04. The number of aromatic nitrogens is 1. The summed E-state index contributed by atoms with van der Waals surface area (Å²) in [5, 5.41) is 3.47. The lowest BCUT2D eigenvalue weighted by Gasteiger charge is -2.34. The summed E-state index contributed by atoms with van der Waals surface area (Å²) in [5.74, 6) is -2.12. The number of hydrogen-bond donors (Lipinski definition) is 1. The molecule has 0 aliphatic heterocycles. The van der Waals surface area contributed by atoms with Crippen LogP contribution in [-0.2, 0) is 12.8 Å². The Hall–Kier alpha value is -1.03. The number of nitrogens with zero attached hydrogens (tertiary/aromatic N) is 1. The number of alkyl halides is 2. The first-order valence-electron chi connectivity index (χ1n) is 8.09. The van der Waals surface area contributed by atoms with Gasteiger partial charge in [-0.3, -0.25) is 4.98 Å². The van der Waals surface area contributed by atoms with Crippen molar-refractivity contribution in [2.24, 2.45) is 5.92 Å². The molecule has 1 atom stereocenters. The van der Waals surface area contributed by atoms with Crippen LogP contribution in [0.1, 0.15) is 50.8 Å². The summed E-state index contributed by atoms with van der Waals surface area (Å²) in [6.07, 6.45) is 5.02. The SMILES string of the molecule is CCNC(Cc1ccc(CC)cn1)C1CCC(F)(F)CC1. The predicted octanol–water partition coefficient (Wildman–Crippen LogP) is 3.99. The standard InChI is InChI=1S/C17H26F2N2/c1-3-13-5-6-15(21-12-13)11-16(20-4-2)14-7-9-17(18,19)10-8-14/h5-6,12,14,16,20H,3-4,7-11H2,1-2H3. The van der Waals surface area contributed by atoms with Crippen LogP contribution in [0.15, 0.2) is 18.3 Å². The van der Waals surface area contributed by atoms with Crippen molar-refractivity contribution >= 4 is 0 Å². The predicted molar refractivity (Wildman–Crippen MR) is 81.7 cm³/mol. The van der Waals surface area contributed by atoms with Gasteiger partial charge in [-0.25, -0.2) is 8.78 Å². The lowest BCUT2D eigenvalue weighted by molar-refractivity contribution is -0.0495. The minimum absolute atomic E-state index is 0.0295. The molecule has 0 spiro atoms. The quantitative estimate of drug-likeness (QED) is 0.858. The van der Waals surface area contributed by atoms with Crippen molar-refractivity contribution in [2.45, 2.75) is 64.3 Å². The summed E-state index contributed by atoms with van der Waals surface area (Å²) in [7, 11) is 0. The molecule has 0 aromatic carbocycles. The van der Waals surface area contributed by atoms with E-state index in [-0.39, 0.29) is 18.9 Å². The highest BCUT2D eigenvalue weighted by molar-refractivity contribution is 5.15. The highest BCUT2D eigenvalue weighted by atomic mass is 19.3. The monoisotopic (exact) mass is 296 g/mol. The third-order valence-electron chi connectivity index (χ3n) is 4.52. The lowest BCUT2D eigenvalue weighted by atomic mass is 9.80. The zero-order valence-corrected chi connectivity index (χ0v) is 13.0. The van der Waals surface area contributed by atoms with Crippen LogP contribution in [0.25, 0.3) is 0 Å². The number of nitrogens with one attached hydrogen (secondary N) is 1. The van der Waals surface area contributed by atoms with Crippen molar-refractivity contribution < 1.29 is 8.78 Å². The smallest absolute Gasteiger partial charge is 0.248 e. The Bertz CT molecular complexity index is 421. The molecule has 1 aliphatic carbocycles. The molecule has 0 bridgehead atoms. The van der Waals surface area contributed by atoms with E-state index >= 15 is 0 Å². The highest BCUT2D eigenvalue weighted by Crippen LogP contribution is 2.37. The molecule has 1 saturated carbocycles. The molecule has 1 aromatic heterocycles. The van der Waals surface area contributed by atoms with Gasteiger partial charge in [-0.15, -0.1) is 0 Å². The molecule has 1 aromatic rings. The Morgan fingerprint density at radius 3 is 2.52 bits per heavy atom. The Morgan fingerprint density at radius 2 is 2.00 bits per heavy atom. The maximum atomic E-state index is 13.3. The fourth-order valence-electron chi connectivity index (χ4n) is 3.14. The van der Waals surface area contributed by atoms with Gasteiger partial charge in [-0.05, 0) is 43.4 Å². The van der Waals surface area contributed by atoms with Crippen molar-refractivity contribution in [3.8, 4) is 0 Å². The number of aryl methyl sites for hydroxylation is 1. The van der Waals surface area contributed by atoms with Crippen LogP contribution in [0.4, 0.5) is 8.78 Å². The van der Waals surface area contributed by atoms with Gasteiger partial charge in [0, 0.05) is 37.2 Å². The van der Waals surface area contributed by atoms with Crippen molar-refractivity contribution in [1.29, 1.82) is 0 Å². The summed E-state index contributed by atoms with van der Waals surface area (Å²) >= 11 is 0. The van der Waals surface area contributed by atoms with Crippen LogP contribution < -0.4 is 5.32 Å². The maximum absolute atomic E-state index is 13.3. The van der Waals surface area contributed by atoms with E-state index in [0.29, 0.717) is 18.8 Å². The number of halogens is 2. The van der Waals surface area contributed by atoms with E-state index in [2.05, 4.69) is 36.3 Å². The fourth-order valence-corrected chi connectivity index (χ4v) is 3.14. The van der Waals surface area contributed by atoms with Gasteiger partial charge in [0.1, 0.15) is 0 Å². The van der Waals surface area contributed by atoms with E-state index in [1.54, 1.807) is 0 Å². The molecule has 0 radical (unpaired) electrons. The molecule has 2 nitrogen and oxygen atoms in total. The molecule has 1 N–H and O–H groups in total. The third kappa shape index (κ3) is 4.73. The molecule has 0 saturated heterocycles. The second-order valence-corrected chi connectivity index (χ2v) is 6.07. The summed E-state index contributed by atoms with van der Waals surface area (Å²) < 4.78 is 26.6. The van der Waals surface area contributed by atoms with Crippen molar-refractivity contribution in [3.63, 3.8) is 0 Å². The number of likely N-dealkylation sites (N-methyl/N-ethyl adjacent to an activating group) is 1. The Kier molecular flexibility index (Phi) is 5.68. The Morgan fingerprint density at radius 1 is 1.29 bits per heavy atom. The first kappa shape index (κ1) is 16.3. The fraction of sp³-hybridized carbons (Fsp3) is 0.706. The van der Waals surface area contributed by atoms with Gasteiger partial charge in [-0.1, -0.05) is 19.9 Å². The van der Waals surface area contributed by atoms with Crippen molar-refractivity contribution in [1.82, 2.24) is 10.3 Å².